The number of benzene rings is 2. The van der Waals surface area contributed by atoms with Gasteiger partial charge in [-0.3, -0.25) is 9.78 Å². The maximum absolute atomic E-state index is 12.5. The third-order valence-electron chi connectivity index (χ3n) is 6.12. The summed E-state index contributed by atoms with van der Waals surface area (Å²) in [5.74, 6) is 0. The predicted octanol–water partition coefficient (Wildman–Crippen LogP) is 3.94. The summed E-state index contributed by atoms with van der Waals surface area (Å²) in [5.41, 5.74) is 3.06. The van der Waals surface area contributed by atoms with Gasteiger partial charge in [-0.25, -0.2) is 16.8 Å². The fourth-order valence-corrected chi connectivity index (χ4v) is 4.87. The number of hydrogen-bond acceptors (Lipinski definition) is 6. The van der Waals surface area contributed by atoms with E-state index in [1.54, 1.807) is 44.3 Å². The molecule has 4 aromatic rings. The Labute approximate surface area is 198 Å². The van der Waals surface area contributed by atoms with E-state index < -0.39 is 30.0 Å². The van der Waals surface area contributed by atoms with Crippen LogP contribution in [0.25, 0.3) is 33.2 Å². The zero-order valence-corrected chi connectivity index (χ0v) is 20.8. The van der Waals surface area contributed by atoms with E-state index in [-0.39, 0.29) is 10.5 Å². The molecule has 0 saturated heterocycles. The molecule has 0 saturated carbocycles. The van der Waals surface area contributed by atoms with E-state index in [9.17, 15) is 21.6 Å². The van der Waals surface area contributed by atoms with Crippen LogP contribution < -0.4 is 5.56 Å². The van der Waals surface area contributed by atoms with Crippen molar-refractivity contribution in [3.8, 4) is 22.3 Å². The highest BCUT2D eigenvalue weighted by atomic mass is 32.2. The summed E-state index contributed by atoms with van der Waals surface area (Å²) in [4.78, 5) is 19.5. The summed E-state index contributed by atoms with van der Waals surface area (Å²) < 4.78 is 47.9. The van der Waals surface area contributed by atoms with Crippen LogP contribution in [0.5, 0.6) is 0 Å². The summed E-state index contributed by atoms with van der Waals surface area (Å²) in [6.07, 6.45) is 5.13. The number of aromatic nitrogens is 2. The van der Waals surface area contributed by atoms with Gasteiger partial charge in [0.1, 0.15) is 0 Å². The second-order valence-electron chi connectivity index (χ2n) is 8.81. The molecule has 2 heterocycles. The minimum Gasteiger partial charge on any atom is -0.327 e. The van der Waals surface area contributed by atoms with Crippen molar-refractivity contribution in [3.63, 3.8) is 0 Å². The number of fused-ring (bicyclic) bond motifs is 1. The molecule has 0 fully saturated rings. The molecule has 0 atom stereocenters. The molecule has 0 aliphatic heterocycles. The Kier molecular flexibility index (Phi) is 5.73. The molecule has 0 bridgehead atoms. The summed E-state index contributed by atoms with van der Waals surface area (Å²) in [6, 6.07) is 15.8. The SMILES string of the molecule is CC(C)(c1cc(-c2cccc(-c3cc(S(C)(=O)=O)c[nH]c3=O)c2)c2ncccc2c1)S(C)(=O)=O. The average Bonchev–Trinajstić information content (AvgIpc) is 2.77. The number of rotatable bonds is 5. The van der Waals surface area contributed by atoms with Crippen molar-refractivity contribution < 1.29 is 16.8 Å². The Bertz CT molecular complexity index is 1700. The Hall–Kier alpha value is -3.30. The van der Waals surface area contributed by atoms with Crippen molar-refractivity contribution in [3.05, 3.63) is 82.9 Å². The monoisotopic (exact) mass is 496 g/mol. The molecule has 2 aromatic carbocycles. The van der Waals surface area contributed by atoms with Crippen LogP contribution >= 0.6 is 0 Å². The first kappa shape index (κ1) is 23.8. The van der Waals surface area contributed by atoms with Crippen molar-refractivity contribution in [1.29, 1.82) is 0 Å². The molecule has 1 N–H and O–H groups in total. The van der Waals surface area contributed by atoms with Gasteiger partial charge in [0.25, 0.3) is 5.56 Å². The minimum atomic E-state index is -3.51. The first-order valence-electron chi connectivity index (χ1n) is 10.4. The highest BCUT2D eigenvalue weighted by Crippen LogP contribution is 2.37. The van der Waals surface area contributed by atoms with E-state index in [0.29, 0.717) is 22.2 Å². The number of nitrogens with zero attached hydrogens (tertiary/aromatic N) is 1. The molecule has 0 aliphatic carbocycles. The molecule has 7 nitrogen and oxygen atoms in total. The van der Waals surface area contributed by atoms with E-state index in [1.165, 1.54) is 18.5 Å². The molecule has 0 amide bonds. The van der Waals surface area contributed by atoms with Crippen LogP contribution in [0.3, 0.4) is 0 Å². The van der Waals surface area contributed by atoms with E-state index in [0.717, 1.165) is 17.2 Å². The second kappa shape index (κ2) is 8.18. The molecule has 9 heteroatoms. The quantitative estimate of drug-likeness (QED) is 0.448. The first-order valence-corrected chi connectivity index (χ1v) is 14.2. The van der Waals surface area contributed by atoms with E-state index in [4.69, 9.17) is 0 Å². The van der Waals surface area contributed by atoms with Gasteiger partial charge in [-0.15, -0.1) is 0 Å². The molecule has 0 unspecified atom stereocenters. The van der Waals surface area contributed by atoms with Crippen molar-refractivity contribution in [1.82, 2.24) is 9.97 Å². The molecule has 0 spiro atoms. The summed E-state index contributed by atoms with van der Waals surface area (Å²) in [7, 11) is -6.94. The highest BCUT2D eigenvalue weighted by molar-refractivity contribution is 7.91. The molecule has 0 radical (unpaired) electrons. The number of sulfone groups is 2. The number of H-pyrrole nitrogens is 1. The van der Waals surface area contributed by atoms with Gasteiger partial charge < -0.3 is 4.98 Å². The number of hydrogen-bond donors (Lipinski definition) is 1. The lowest BCUT2D eigenvalue weighted by Crippen LogP contribution is -2.28. The normalized spacial score (nSPS) is 12.7. The molecule has 176 valence electrons. The fraction of sp³-hybridized carbons (Fsp3) is 0.200. The zero-order chi connectivity index (χ0) is 24.9. The molecule has 2 aromatic heterocycles. The van der Waals surface area contributed by atoms with Gasteiger partial charge in [-0.1, -0.05) is 24.3 Å². The predicted molar refractivity (Wildman–Crippen MR) is 134 cm³/mol. The Morgan fingerprint density at radius 2 is 1.53 bits per heavy atom. The van der Waals surface area contributed by atoms with Crippen molar-refractivity contribution in [2.24, 2.45) is 0 Å². The Balaban J connectivity index is 1.98. The first-order chi connectivity index (χ1) is 15.8. The average molecular weight is 497 g/mol. The second-order valence-corrected chi connectivity index (χ2v) is 13.4. The summed E-state index contributed by atoms with van der Waals surface area (Å²) >= 11 is 0. The third-order valence-corrected chi connectivity index (χ3v) is 9.30. The third kappa shape index (κ3) is 4.28. The maximum atomic E-state index is 12.5. The van der Waals surface area contributed by atoms with Gasteiger partial charge in [-0.2, -0.15) is 0 Å². The van der Waals surface area contributed by atoms with Gasteiger partial charge in [0.15, 0.2) is 19.7 Å². The van der Waals surface area contributed by atoms with Crippen LogP contribution in [0, 0.1) is 0 Å². The maximum Gasteiger partial charge on any atom is 0.255 e. The van der Waals surface area contributed by atoms with Gasteiger partial charge in [-0.05, 0) is 60.9 Å². The molecular weight excluding hydrogens is 472 g/mol. The topological polar surface area (TPSA) is 114 Å². The van der Waals surface area contributed by atoms with Crippen LogP contribution in [0.2, 0.25) is 0 Å². The highest BCUT2D eigenvalue weighted by Gasteiger charge is 2.33. The van der Waals surface area contributed by atoms with Crippen LogP contribution in [0.15, 0.2) is 76.7 Å². The van der Waals surface area contributed by atoms with Crippen LogP contribution in [-0.2, 0) is 24.4 Å². The van der Waals surface area contributed by atoms with Crippen molar-refractivity contribution in [2.45, 2.75) is 23.5 Å². The van der Waals surface area contributed by atoms with Crippen LogP contribution in [0.1, 0.15) is 19.4 Å². The van der Waals surface area contributed by atoms with Crippen molar-refractivity contribution >= 4 is 30.6 Å². The molecular formula is C25H24N2O5S2. The Morgan fingerprint density at radius 3 is 2.18 bits per heavy atom. The largest absolute Gasteiger partial charge is 0.327 e. The van der Waals surface area contributed by atoms with Gasteiger partial charge in [0, 0.05) is 41.4 Å². The molecule has 34 heavy (non-hydrogen) atoms. The van der Waals surface area contributed by atoms with E-state index in [1.807, 2.05) is 24.3 Å². The van der Waals surface area contributed by atoms with Crippen LogP contribution in [0.4, 0.5) is 0 Å². The Morgan fingerprint density at radius 1 is 0.853 bits per heavy atom. The minimum absolute atomic E-state index is 0.0107. The molecule has 0 aliphatic rings. The fourth-order valence-electron chi connectivity index (χ4n) is 3.72. The van der Waals surface area contributed by atoms with Gasteiger partial charge in [0.2, 0.25) is 0 Å². The summed E-state index contributed by atoms with van der Waals surface area (Å²) in [5, 5.41) is 0.786. The zero-order valence-electron chi connectivity index (χ0n) is 19.2. The number of nitrogens with one attached hydrogen (secondary N) is 1. The molecule has 4 rings (SSSR count). The standard InChI is InChI=1S/C25H24N2O5S2/c1-25(2,34(4,31)32)19-12-18-9-6-10-26-23(18)21(13-19)16-7-5-8-17(11-16)22-14-20(33(3,29)30)15-27-24(22)28/h5-15H,1-4H3,(H,27,28). The summed E-state index contributed by atoms with van der Waals surface area (Å²) in [6.45, 7) is 3.33. The number of aromatic amines is 1. The van der Waals surface area contributed by atoms with Crippen LogP contribution in [-0.4, -0.2) is 39.3 Å². The smallest absolute Gasteiger partial charge is 0.255 e. The lowest BCUT2D eigenvalue weighted by Gasteiger charge is -2.24. The lowest BCUT2D eigenvalue weighted by molar-refractivity contribution is 0.561. The van der Waals surface area contributed by atoms with E-state index in [2.05, 4.69) is 9.97 Å². The van der Waals surface area contributed by atoms with Gasteiger partial charge in [0.05, 0.1) is 15.2 Å². The van der Waals surface area contributed by atoms with Gasteiger partial charge >= 0.3 is 0 Å². The number of pyridine rings is 2. The van der Waals surface area contributed by atoms with E-state index >= 15 is 0 Å². The van der Waals surface area contributed by atoms with Crippen molar-refractivity contribution in [2.75, 3.05) is 12.5 Å². The lowest BCUT2D eigenvalue weighted by atomic mass is 9.92.